The lowest BCUT2D eigenvalue weighted by Gasteiger charge is -2.56. The van der Waals surface area contributed by atoms with Crippen LogP contribution in [0.1, 0.15) is 19.3 Å². The van der Waals surface area contributed by atoms with Crippen molar-refractivity contribution in [1.82, 2.24) is 5.32 Å². The lowest BCUT2D eigenvalue weighted by atomic mass is 9.82. The third kappa shape index (κ3) is 3.33. The minimum absolute atomic E-state index is 0.0202. The lowest BCUT2D eigenvalue weighted by molar-refractivity contribution is -0.127. The second-order valence-corrected chi connectivity index (χ2v) is 9.58. The van der Waals surface area contributed by atoms with Crippen molar-refractivity contribution in [3.63, 3.8) is 0 Å². The van der Waals surface area contributed by atoms with Crippen LogP contribution in [0.2, 0.25) is 0 Å². The van der Waals surface area contributed by atoms with Crippen LogP contribution < -0.4 is 15.1 Å². The Bertz CT molecular complexity index is 828. The Morgan fingerprint density at radius 3 is 2.48 bits per heavy atom. The molecule has 5 rings (SSSR count). The molecule has 29 heavy (non-hydrogen) atoms. The monoisotopic (exact) mass is 423 g/mol. The number of cyclic esters (lactones) is 1. The second-order valence-electron chi connectivity index (χ2n) is 8.60. The smallest absolute Gasteiger partial charge is 0.414 e. The maximum absolute atomic E-state index is 14.7. The van der Waals surface area contributed by atoms with E-state index in [4.69, 9.17) is 4.74 Å². The lowest BCUT2D eigenvalue weighted by Crippen LogP contribution is -2.63. The first kappa shape index (κ1) is 19.0. The number of rotatable bonds is 5. The van der Waals surface area contributed by atoms with Crippen molar-refractivity contribution in [2.75, 3.05) is 47.5 Å². The van der Waals surface area contributed by atoms with Crippen LogP contribution in [0.15, 0.2) is 12.1 Å². The molecule has 9 heteroatoms. The van der Waals surface area contributed by atoms with Gasteiger partial charge in [-0.15, -0.1) is 0 Å². The van der Waals surface area contributed by atoms with Gasteiger partial charge in [-0.3, -0.25) is 9.69 Å². The van der Waals surface area contributed by atoms with E-state index in [1.54, 1.807) is 4.90 Å². The van der Waals surface area contributed by atoms with Crippen molar-refractivity contribution in [1.29, 1.82) is 0 Å². The number of nitrogens with one attached hydrogen (secondary N) is 1. The summed E-state index contributed by atoms with van der Waals surface area (Å²) < 4.78 is 34.7. The maximum Gasteiger partial charge on any atom is 0.414 e. The molecule has 1 aromatic rings. The first-order chi connectivity index (χ1) is 13.9. The molecule has 3 saturated heterocycles. The minimum Gasteiger partial charge on any atom is -0.442 e. The molecule has 0 bridgehead atoms. The Morgan fingerprint density at radius 1 is 1.24 bits per heavy atom. The summed E-state index contributed by atoms with van der Waals surface area (Å²) in [5.41, 5.74) is 0.335. The number of amides is 2. The molecule has 1 atom stereocenters. The van der Waals surface area contributed by atoms with Crippen molar-refractivity contribution in [3.05, 3.63) is 23.8 Å². The first-order valence-corrected chi connectivity index (χ1v) is 11.2. The molecular formula is C20H23F2N3O3S. The number of hydrogen-bond donors (Lipinski definition) is 1. The summed E-state index contributed by atoms with van der Waals surface area (Å²) in [6, 6.07) is 2.38. The van der Waals surface area contributed by atoms with Gasteiger partial charge in [0.15, 0.2) is 11.6 Å². The molecule has 1 N–H and O–H groups in total. The van der Waals surface area contributed by atoms with Crippen molar-refractivity contribution < 1.29 is 23.1 Å². The highest BCUT2D eigenvalue weighted by atomic mass is 32.2. The van der Waals surface area contributed by atoms with E-state index in [0.717, 1.165) is 30.8 Å². The molecule has 0 unspecified atom stereocenters. The van der Waals surface area contributed by atoms with Crippen LogP contribution in [0.4, 0.5) is 25.0 Å². The van der Waals surface area contributed by atoms with Gasteiger partial charge in [0.2, 0.25) is 5.91 Å². The van der Waals surface area contributed by atoms with E-state index >= 15 is 0 Å². The fraction of sp³-hybridized carbons (Fsp3) is 0.600. The Kier molecular flexibility index (Phi) is 4.60. The van der Waals surface area contributed by atoms with Crippen LogP contribution in [-0.4, -0.2) is 55.8 Å². The van der Waals surface area contributed by atoms with Crippen LogP contribution in [0, 0.1) is 23.0 Å². The van der Waals surface area contributed by atoms with E-state index in [2.05, 4.69) is 5.32 Å². The number of hydrogen-bond acceptors (Lipinski definition) is 5. The fourth-order valence-electron chi connectivity index (χ4n) is 4.37. The van der Waals surface area contributed by atoms with E-state index in [-0.39, 0.29) is 41.7 Å². The third-order valence-electron chi connectivity index (χ3n) is 6.35. The average Bonchev–Trinajstić information content (AvgIpc) is 2.91. The van der Waals surface area contributed by atoms with Gasteiger partial charge >= 0.3 is 6.09 Å². The number of benzene rings is 1. The van der Waals surface area contributed by atoms with Gasteiger partial charge in [0.1, 0.15) is 11.8 Å². The topological polar surface area (TPSA) is 61.9 Å². The highest BCUT2D eigenvalue weighted by Crippen LogP contribution is 2.48. The van der Waals surface area contributed by atoms with Crippen molar-refractivity contribution in [3.8, 4) is 0 Å². The molecule has 4 aliphatic rings. The van der Waals surface area contributed by atoms with Crippen molar-refractivity contribution >= 4 is 35.1 Å². The zero-order valence-corrected chi connectivity index (χ0v) is 16.8. The molecule has 0 radical (unpaired) electrons. The number of anilines is 2. The summed E-state index contributed by atoms with van der Waals surface area (Å²) in [4.78, 5) is 27.1. The average molecular weight is 423 g/mol. The van der Waals surface area contributed by atoms with Crippen LogP contribution in [0.25, 0.3) is 0 Å². The standard InChI is InChI=1S/C20H23F2N3O3S/c21-15-4-13(5-16(22)17(15)24-8-20(9-24)10-29-11-20)25-7-14(28-19(25)27)6-23-18(26)12-2-1-3-12/h4-5,12,14H,1-3,6-11H2,(H,23,26)/t14-/m0/s1. The van der Waals surface area contributed by atoms with Crippen LogP contribution in [0.3, 0.4) is 0 Å². The molecule has 2 amide bonds. The Balaban J connectivity index is 1.23. The second kappa shape index (κ2) is 7.04. The van der Waals surface area contributed by atoms with Gasteiger partial charge in [0.25, 0.3) is 0 Å². The molecular weight excluding hydrogens is 400 g/mol. The molecule has 3 aliphatic heterocycles. The zero-order valence-electron chi connectivity index (χ0n) is 16.0. The number of carbonyl (C=O) groups is 2. The van der Waals surface area contributed by atoms with Gasteiger partial charge in [-0.1, -0.05) is 6.42 Å². The number of ether oxygens (including phenoxy) is 1. The molecule has 156 valence electrons. The van der Waals surface area contributed by atoms with Gasteiger partial charge in [0.05, 0.1) is 18.8 Å². The molecule has 1 aromatic carbocycles. The molecule has 0 aromatic heterocycles. The zero-order chi connectivity index (χ0) is 20.2. The van der Waals surface area contributed by atoms with E-state index in [1.807, 2.05) is 11.8 Å². The number of carbonyl (C=O) groups excluding carboxylic acids is 2. The van der Waals surface area contributed by atoms with Crippen LogP contribution >= 0.6 is 11.8 Å². The predicted molar refractivity (Wildman–Crippen MR) is 106 cm³/mol. The van der Waals surface area contributed by atoms with Gasteiger partial charge in [-0.25, -0.2) is 13.6 Å². The van der Waals surface area contributed by atoms with E-state index in [1.165, 1.54) is 17.0 Å². The SMILES string of the molecule is O=C(NC[C@H]1CN(c2cc(F)c(N3CC4(CSC4)C3)c(F)c2)C(=O)O1)C1CCC1. The quantitative estimate of drug-likeness (QED) is 0.789. The van der Waals surface area contributed by atoms with Crippen LogP contribution in [0.5, 0.6) is 0 Å². The Hall–Kier alpha value is -2.03. The summed E-state index contributed by atoms with van der Waals surface area (Å²) in [6.45, 7) is 1.68. The summed E-state index contributed by atoms with van der Waals surface area (Å²) in [5.74, 6) is 0.780. The van der Waals surface area contributed by atoms with E-state index < -0.39 is 23.8 Å². The molecule has 6 nitrogen and oxygen atoms in total. The molecule has 1 saturated carbocycles. The van der Waals surface area contributed by atoms with Gasteiger partial charge < -0.3 is 15.0 Å². The molecule has 1 aliphatic carbocycles. The van der Waals surface area contributed by atoms with E-state index in [0.29, 0.717) is 13.1 Å². The molecule has 1 spiro atoms. The number of nitrogens with zero attached hydrogens (tertiary/aromatic N) is 2. The Labute approximate surface area is 171 Å². The van der Waals surface area contributed by atoms with Crippen molar-refractivity contribution in [2.45, 2.75) is 25.4 Å². The fourth-order valence-corrected chi connectivity index (χ4v) is 5.52. The number of thioether (sulfide) groups is 1. The highest BCUT2D eigenvalue weighted by molar-refractivity contribution is 8.00. The van der Waals surface area contributed by atoms with E-state index in [9.17, 15) is 18.4 Å². The highest BCUT2D eigenvalue weighted by Gasteiger charge is 2.49. The molecule has 3 heterocycles. The largest absolute Gasteiger partial charge is 0.442 e. The van der Waals surface area contributed by atoms with Gasteiger partial charge in [-0.2, -0.15) is 11.8 Å². The summed E-state index contributed by atoms with van der Waals surface area (Å²) in [6.07, 6.45) is 1.65. The molecule has 4 fully saturated rings. The summed E-state index contributed by atoms with van der Waals surface area (Å²) in [5, 5.41) is 2.80. The Morgan fingerprint density at radius 2 is 1.93 bits per heavy atom. The van der Waals surface area contributed by atoms with Crippen molar-refractivity contribution in [2.24, 2.45) is 11.3 Å². The van der Waals surface area contributed by atoms with Crippen LogP contribution in [-0.2, 0) is 9.53 Å². The summed E-state index contributed by atoms with van der Waals surface area (Å²) >= 11 is 1.86. The maximum atomic E-state index is 14.7. The minimum atomic E-state index is -0.670. The predicted octanol–water partition coefficient (Wildman–Crippen LogP) is 2.76. The van der Waals surface area contributed by atoms with Gasteiger partial charge in [0, 0.05) is 48.1 Å². The summed E-state index contributed by atoms with van der Waals surface area (Å²) in [7, 11) is 0. The first-order valence-electron chi connectivity index (χ1n) is 10.0. The number of halogens is 2. The normalized spacial score (nSPS) is 25.3. The third-order valence-corrected chi connectivity index (χ3v) is 7.99. The van der Waals surface area contributed by atoms with Gasteiger partial charge in [-0.05, 0) is 12.8 Å².